The Morgan fingerprint density at radius 1 is 1.40 bits per heavy atom. The molecular formula is C11H10NNaO2. The summed E-state index contributed by atoms with van der Waals surface area (Å²) in [5.74, 6) is -1.18. The van der Waals surface area contributed by atoms with E-state index >= 15 is 0 Å². The number of hydrogen-bond donors (Lipinski definition) is 0. The second-order valence-corrected chi connectivity index (χ2v) is 2.82. The largest absolute Gasteiger partial charge is 1.00 e. The third-order valence-corrected chi connectivity index (χ3v) is 1.59. The third kappa shape index (κ3) is 6.23. The molecular weight excluding hydrogens is 201 g/mol. The van der Waals surface area contributed by atoms with Crippen molar-refractivity contribution in [3.63, 3.8) is 0 Å². The fraction of sp³-hybridized carbons (Fsp3) is 0.0909. The summed E-state index contributed by atoms with van der Waals surface area (Å²) in [7, 11) is 0. The van der Waals surface area contributed by atoms with Crippen molar-refractivity contribution in [2.24, 2.45) is 0 Å². The van der Waals surface area contributed by atoms with Crippen LogP contribution < -0.4 is 34.7 Å². The van der Waals surface area contributed by atoms with Crippen LogP contribution in [-0.4, -0.2) is 11.0 Å². The molecule has 0 aliphatic rings. The summed E-state index contributed by atoms with van der Waals surface area (Å²) < 4.78 is 0. The van der Waals surface area contributed by atoms with Gasteiger partial charge >= 0.3 is 29.6 Å². The number of allylic oxidation sites excluding steroid dienone is 2. The topological polar surface area (TPSA) is 53.0 Å². The monoisotopic (exact) mass is 211 g/mol. The Labute approximate surface area is 111 Å². The van der Waals surface area contributed by atoms with E-state index in [2.05, 4.69) is 4.98 Å². The van der Waals surface area contributed by atoms with Crippen molar-refractivity contribution in [1.82, 2.24) is 4.98 Å². The molecule has 0 atom stereocenters. The number of carbonyl (C=O) groups is 1. The fourth-order valence-electron chi connectivity index (χ4n) is 0.936. The van der Waals surface area contributed by atoms with Crippen molar-refractivity contribution < 1.29 is 39.5 Å². The van der Waals surface area contributed by atoms with Crippen molar-refractivity contribution in [3.05, 3.63) is 47.8 Å². The molecule has 0 saturated heterocycles. The zero-order chi connectivity index (χ0) is 10.4. The Morgan fingerprint density at radius 2 is 2.00 bits per heavy atom. The van der Waals surface area contributed by atoms with Crippen LogP contribution in [0.2, 0.25) is 0 Å². The molecule has 0 amide bonds. The molecule has 0 spiro atoms. The quantitative estimate of drug-likeness (QED) is 0.324. The maximum absolute atomic E-state index is 10.2. The van der Waals surface area contributed by atoms with Gasteiger partial charge in [0.1, 0.15) is 0 Å². The maximum atomic E-state index is 10.2. The summed E-state index contributed by atoms with van der Waals surface area (Å²) in [5.41, 5.74) is 1.62. The standard InChI is InChI=1S/C11H11NO2.Na/c1-9(8-11(13)14)2-3-10-4-6-12-7-5-10;/h2-8H,1H3,(H,13,14);/q;+1/p-1. The molecule has 15 heavy (non-hydrogen) atoms. The molecule has 3 nitrogen and oxygen atoms in total. The molecule has 0 aliphatic heterocycles. The molecule has 72 valence electrons. The summed E-state index contributed by atoms with van der Waals surface area (Å²) >= 11 is 0. The van der Waals surface area contributed by atoms with E-state index in [-0.39, 0.29) is 29.6 Å². The first kappa shape index (κ1) is 14.1. The molecule has 4 heteroatoms. The van der Waals surface area contributed by atoms with Crippen LogP contribution in [0.3, 0.4) is 0 Å². The first-order valence-corrected chi connectivity index (χ1v) is 4.16. The molecule has 0 radical (unpaired) electrons. The first-order chi connectivity index (χ1) is 6.68. The van der Waals surface area contributed by atoms with Gasteiger partial charge in [-0.1, -0.05) is 12.2 Å². The van der Waals surface area contributed by atoms with Gasteiger partial charge in [0, 0.05) is 12.4 Å². The van der Waals surface area contributed by atoms with Gasteiger partial charge < -0.3 is 9.90 Å². The summed E-state index contributed by atoms with van der Waals surface area (Å²) in [6, 6.07) is 3.67. The average Bonchev–Trinajstić information content (AvgIpc) is 2.15. The van der Waals surface area contributed by atoms with Crippen molar-refractivity contribution in [2.75, 3.05) is 0 Å². The number of pyridine rings is 1. The van der Waals surface area contributed by atoms with Gasteiger partial charge in [0.05, 0.1) is 5.97 Å². The molecule has 1 aromatic heterocycles. The van der Waals surface area contributed by atoms with Crippen molar-refractivity contribution in [3.8, 4) is 0 Å². The van der Waals surface area contributed by atoms with Gasteiger partial charge in [0.2, 0.25) is 0 Å². The number of carboxylic acid groups (broad SMARTS) is 1. The van der Waals surface area contributed by atoms with Crippen LogP contribution in [0.4, 0.5) is 0 Å². The van der Waals surface area contributed by atoms with Crippen molar-refractivity contribution in [1.29, 1.82) is 0 Å². The maximum Gasteiger partial charge on any atom is 1.00 e. The number of rotatable bonds is 3. The van der Waals surface area contributed by atoms with E-state index in [1.807, 2.05) is 18.2 Å². The molecule has 1 aromatic rings. The summed E-state index contributed by atoms with van der Waals surface area (Å²) in [6.07, 6.45) is 7.94. The van der Waals surface area contributed by atoms with E-state index in [9.17, 15) is 9.90 Å². The minimum Gasteiger partial charge on any atom is -0.545 e. The summed E-state index contributed by atoms with van der Waals surface area (Å²) in [6.45, 7) is 1.70. The van der Waals surface area contributed by atoms with Crippen LogP contribution in [-0.2, 0) is 4.79 Å². The van der Waals surface area contributed by atoms with Crippen LogP contribution in [0.1, 0.15) is 12.5 Å². The second kappa shape index (κ2) is 7.40. The van der Waals surface area contributed by atoms with E-state index in [1.165, 1.54) is 0 Å². The van der Waals surface area contributed by atoms with E-state index in [0.29, 0.717) is 5.57 Å². The van der Waals surface area contributed by atoms with Gasteiger partial charge in [-0.2, -0.15) is 0 Å². The minimum atomic E-state index is -1.18. The molecule has 1 heterocycles. The number of nitrogens with zero attached hydrogens (tertiary/aromatic N) is 1. The van der Waals surface area contributed by atoms with Crippen molar-refractivity contribution in [2.45, 2.75) is 6.92 Å². The molecule has 0 saturated carbocycles. The Bertz CT molecular complexity index is 371. The number of aromatic nitrogens is 1. The van der Waals surface area contributed by atoms with Gasteiger partial charge in [-0.25, -0.2) is 0 Å². The number of carboxylic acids is 1. The molecule has 0 aromatic carbocycles. The van der Waals surface area contributed by atoms with Crippen LogP contribution in [0, 0.1) is 0 Å². The van der Waals surface area contributed by atoms with Crippen LogP contribution >= 0.6 is 0 Å². The number of carbonyl (C=O) groups excluding carboxylic acids is 1. The fourth-order valence-corrected chi connectivity index (χ4v) is 0.936. The molecule has 0 fully saturated rings. The Morgan fingerprint density at radius 3 is 2.53 bits per heavy atom. The Hall–Kier alpha value is -0.900. The minimum absolute atomic E-state index is 0. The van der Waals surface area contributed by atoms with Crippen LogP contribution in [0.25, 0.3) is 6.08 Å². The SMILES string of the molecule is CC(C=Cc1ccncc1)=CC(=O)[O-].[Na+]. The molecule has 0 aliphatic carbocycles. The Kier molecular flexibility index (Phi) is 6.96. The molecule has 0 unspecified atom stereocenters. The van der Waals surface area contributed by atoms with E-state index < -0.39 is 5.97 Å². The van der Waals surface area contributed by atoms with Crippen LogP contribution in [0.5, 0.6) is 0 Å². The van der Waals surface area contributed by atoms with E-state index in [0.717, 1.165) is 11.6 Å². The predicted octanol–water partition coefficient (Wildman–Crippen LogP) is -2.20. The second-order valence-electron chi connectivity index (χ2n) is 2.82. The zero-order valence-electron chi connectivity index (χ0n) is 8.81. The first-order valence-electron chi connectivity index (χ1n) is 4.16. The molecule has 0 N–H and O–H groups in total. The smallest absolute Gasteiger partial charge is 0.545 e. The molecule has 1 rings (SSSR count). The normalized spacial score (nSPS) is 11.1. The van der Waals surface area contributed by atoms with Gasteiger partial charge in [-0.3, -0.25) is 4.98 Å². The summed E-state index contributed by atoms with van der Waals surface area (Å²) in [5, 5.41) is 10.2. The zero-order valence-corrected chi connectivity index (χ0v) is 10.8. The van der Waals surface area contributed by atoms with Crippen molar-refractivity contribution >= 4 is 12.0 Å². The van der Waals surface area contributed by atoms with Gasteiger partial charge in [-0.15, -0.1) is 0 Å². The van der Waals surface area contributed by atoms with Crippen LogP contribution in [0.15, 0.2) is 42.3 Å². The van der Waals surface area contributed by atoms with Gasteiger partial charge in [0.25, 0.3) is 0 Å². The van der Waals surface area contributed by atoms with E-state index in [4.69, 9.17) is 0 Å². The number of hydrogen-bond acceptors (Lipinski definition) is 3. The summed E-state index contributed by atoms with van der Waals surface area (Å²) in [4.78, 5) is 14.1. The Balaban J connectivity index is 0.00000196. The average molecular weight is 211 g/mol. The number of aliphatic carboxylic acids is 1. The predicted molar refractivity (Wildman–Crippen MR) is 52.0 cm³/mol. The van der Waals surface area contributed by atoms with Gasteiger partial charge in [-0.05, 0) is 36.3 Å². The third-order valence-electron chi connectivity index (χ3n) is 1.59. The molecule has 0 bridgehead atoms. The van der Waals surface area contributed by atoms with E-state index in [1.54, 1.807) is 25.4 Å². The van der Waals surface area contributed by atoms with Gasteiger partial charge in [0.15, 0.2) is 0 Å².